The molecule has 4 aromatic carbocycles. The van der Waals surface area contributed by atoms with Gasteiger partial charge < -0.3 is 38.4 Å². The van der Waals surface area contributed by atoms with E-state index in [0.717, 1.165) is 67.8 Å². The van der Waals surface area contributed by atoms with Crippen molar-refractivity contribution in [3.8, 4) is 34.3 Å². The van der Waals surface area contributed by atoms with Crippen molar-refractivity contribution in [3.05, 3.63) is 125 Å². The first kappa shape index (κ1) is 35.9. The first-order valence-electron chi connectivity index (χ1n) is 19.5. The van der Waals surface area contributed by atoms with Crippen molar-refractivity contribution in [1.29, 1.82) is 0 Å². The molecule has 0 unspecified atom stereocenters. The Morgan fingerprint density at radius 1 is 0.857 bits per heavy atom. The van der Waals surface area contributed by atoms with E-state index in [1.165, 1.54) is 5.56 Å². The van der Waals surface area contributed by atoms with Crippen molar-refractivity contribution in [1.82, 2.24) is 14.4 Å². The van der Waals surface area contributed by atoms with Gasteiger partial charge in [-0.05, 0) is 85.3 Å². The highest BCUT2D eigenvalue weighted by atomic mass is 16.7. The van der Waals surface area contributed by atoms with Crippen LogP contribution in [0.2, 0.25) is 0 Å². The third kappa shape index (κ3) is 6.86. The molecule has 1 saturated heterocycles. The molecule has 9 rings (SSSR count). The number of ether oxygens (including phenoxy) is 4. The number of anilines is 1. The Balaban J connectivity index is 1.14. The maximum atomic E-state index is 15.2. The molecular weight excluding hydrogens is 709 g/mol. The lowest BCUT2D eigenvalue weighted by molar-refractivity contribution is 0.0193. The summed E-state index contributed by atoms with van der Waals surface area (Å²) < 4.78 is 25.4. The lowest BCUT2D eigenvalue weighted by Gasteiger charge is -2.40. The van der Waals surface area contributed by atoms with Crippen LogP contribution in [0.4, 0.5) is 5.69 Å². The molecule has 4 aliphatic heterocycles. The van der Waals surface area contributed by atoms with E-state index >= 15 is 9.59 Å². The fourth-order valence-corrected chi connectivity index (χ4v) is 8.70. The molecule has 0 radical (unpaired) electrons. The average Bonchev–Trinajstić information content (AvgIpc) is 3.87. The zero-order chi connectivity index (χ0) is 38.2. The molecule has 5 aromatic rings. The molecule has 4 aliphatic rings. The lowest BCUT2D eigenvalue weighted by Crippen LogP contribution is -2.52. The molecule has 56 heavy (non-hydrogen) atoms. The van der Waals surface area contributed by atoms with Gasteiger partial charge in [-0.3, -0.25) is 14.5 Å². The molecule has 1 aromatic heterocycles. The van der Waals surface area contributed by atoms with Crippen molar-refractivity contribution < 1.29 is 33.6 Å². The number of fused-ring (bicyclic) bond motifs is 3. The molecule has 11 nitrogen and oxygen atoms in total. The van der Waals surface area contributed by atoms with Gasteiger partial charge in [0, 0.05) is 67.0 Å². The molecule has 1 atom stereocenters. The third-order valence-electron chi connectivity index (χ3n) is 11.6. The minimum Gasteiger partial charge on any atom is -0.508 e. The van der Waals surface area contributed by atoms with E-state index in [9.17, 15) is 5.11 Å². The standard InChI is InChI=1S/C45H46N4O7/c1-53-41-12-5-4-10-32(41)27-48(33-13-15-35(50)16-14-33)45(52)38-23-40(47-17-7-6-11-39(38)47)36-24-42-43(56-29-55-42)25-37(36)44(51)49-26-31-9-3-2-8-30(31)22-34(49)28-46-18-20-54-21-19-46/h2-5,8-10,12-16,23-25,34,50H,6-7,11,17-22,26-29H2,1H3/t34-/m0/s1. The van der Waals surface area contributed by atoms with Gasteiger partial charge in [0.1, 0.15) is 11.5 Å². The Morgan fingerprint density at radius 3 is 2.41 bits per heavy atom. The number of carbonyl (C=O) groups is 2. The van der Waals surface area contributed by atoms with E-state index < -0.39 is 0 Å². The van der Waals surface area contributed by atoms with Crippen LogP contribution in [0.25, 0.3) is 11.3 Å². The largest absolute Gasteiger partial charge is 0.508 e. The van der Waals surface area contributed by atoms with Crippen LogP contribution in [-0.2, 0) is 37.2 Å². The van der Waals surface area contributed by atoms with Crippen LogP contribution >= 0.6 is 0 Å². The van der Waals surface area contributed by atoms with Crippen LogP contribution in [0, 0.1) is 0 Å². The highest BCUT2D eigenvalue weighted by Crippen LogP contribution is 2.42. The van der Waals surface area contributed by atoms with E-state index in [0.29, 0.717) is 65.9 Å². The maximum absolute atomic E-state index is 15.2. The molecule has 0 bridgehead atoms. The van der Waals surface area contributed by atoms with Crippen molar-refractivity contribution >= 4 is 17.5 Å². The fourth-order valence-electron chi connectivity index (χ4n) is 8.70. The second kappa shape index (κ2) is 15.4. The van der Waals surface area contributed by atoms with Gasteiger partial charge in [0.05, 0.1) is 38.0 Å². The quantitative estimate of drug-likeness (QED) is 0.178. The van der Waals surface area contributed by atoms with Crippen molar-refractivity contribution in [2.45, 2.75) is 51.4 Å². The van der Waals surface area contributed by atoms with Gasteiger partial charge >= 0.3 is 0 Å². The van der Waals surface area contributed by atoms with E-state index in [1.54, 1.807) is 36.3 Å². The Hall–Kier alpha value is -5.78. The molecule has 0 spiro atoms. The Labute approximate surface area is 326 Å². The van der Waals surface area contributed by atoms with Gasteiger partial charge in [0.15, 0.2) is 11.5 Å². The number of carbonyl (C=O) groups excluding carboxylic acids is 2. The van der Waals surface area contributed by atoms with Crippen LogP contribution in [0.1, 0.15) is 55.9 Å². The highest BCUT2D eigenvalue weighted by molar-refractivity contribution is 6.09. The first-order chi connectivity index (χ1) is 27.4. The number of phenolic OH excluding ortho intramolecular Hbond substituents is 1. The van der Waals surface area contributed by atoms with Crippen molar-refractivity contribution in [2.24, 2.45) is 0 Å². The van der Waals surface area contributed by atoms with Crippen molar-refractivity contribution in [2.75, 3.05) is 51.7 Å². The smallest absolute Gasteiger partial charge is 0.260 e. The molecule has 11 heteroatoms. The predicted octanol–water partition coefficient (Wildman–Crippen LogP) is 6.68. The number of aromatic nitrogens is 1. The summed E-state index contributed by atoms with van der Waals surface area (Å²) in [4.78, 5) is 36.4. The minimum atomic E-state index is -0.176. The Morgan fingerprint density at radius 2 is 1.61 bits per heavy atom. The van der Waals surface area contributed by atoms with Gasteiger partial charge in [-0.1, -0.05) is 42.5 Å². The Kier molecular flexibility index (Phi) is 9.87. The Bertz CT molecular complexity index is 2260. The van der Waals surface area contributed by atoms with E-state index in [1.807, 2.05) is 53.4 Å². The SMILES string of the molecule is COc1ccccc1CN(C(=O)c1cc(-c2cc3c(cc2C(=O)N2Cc4ccccc4C[C@H]2CN2CCOCC2)OCO3)n2c1CCCC2)c1ccc(O)cc1. The molecular formula is C45H46N4O7. The summed E-state index contributed by atoms with van der Waals surface area (Å²) in [7, 11) is 1.62. The van der Waals surface area contributed by atoms with Crippen LogP contribution in [0.5, 0.6) is 23.0 Å². The number of rotatable bonds is 9. The zero-order valence-electron chi connectivity index (χ0n) is 31.6. The number of morpholine rings is 1. The van der Waals surface area contributed by atoms with Crippen LogP contribution in [0.3, 0.4) is 0 Å². The average molecular weight is 755 g/mol. The molecule has 0 aliphatic carbocycles. The monoisotopic (exact) mass is 754 g/mol. The van der Waals surface area contributed by atoms with Crippen LogP contribution in [0.15, 0.2) is 91.0 Å². The molecule has 5 heterocycles. The summed E-state index contributed by atoms with van der Waals surface area (Å²) in [6, 6.07) is 28.5. The fraction of sp³-hybridized carbons (Fsp3) is 0.333. The van der Waals surface area contributed by atoms with Gasteiger partial charge in [0.2, 0.25) is 6.79 Å². The number of hydrogen-bond donors (Lipinski definition) is 1. The van der Waals surface area contributed by atoms with Gasteiger partial charge in [-0.15, -0.1) is 0 Å². The molecule has 0 saturated carbocycles. The normalized spacial score (nSPS) is 17.6. The highest BCUT2D eigenvalue weighted by Gasteiger charge is 2.36. The van der Waals surface area contributed by atoms with Gasteiger partial charge in [-0.25, -0.2) is 0 Å². The summed E-state index contributed by atoms with van der Waals surface area (Å²) in [5.41, 5.74) is 7.48. The predicted molar refractivity (Wildman–Crippen MR) is 212 cm³/mol. The molecule has 288 valence electrons. The van der Waals surface area contributed by atoms with Crippen LogP contribution < -0.4 is 19.1 Å². The van der Waals surface area contributed by atoms with Crippen molar-refractivity contribution in [3.63, 3.8) is 0 Å². The number of para-hydroxylation sites is 1. The number of methoxy groups -OCH3 is 1. The summed E-state index contributed by atoms with van der Waals surface area (Å²) in [5, 5.41) is 10.1. The third-order valence-corrected chi connectivity index (χ3v) is 11.6. The molecule has 1 N–H and O–H groups in total. The molecule has 2 amide bonds. The van der Waals surface area contributed by atoms with E-state index in [2.05, 4.69) is 27.7 Å². The summed E-state index contributed by atoms with van der Waals surface area (Å²) in [5.74, 6) is 1.66. The van der Waals surface area contributed by atoms with E-state index in [-0.39, 0.29) is 36.9 Å². The summed E-state index contributed by atoms with van der Waals surface area (Å²) in [6.45, 7) is 5.33. The van der Waals surface area contributed by atoms with Gasteiger partial charge in [-0.2, -0.15) is 0 Å². The van der Waals surface area contributed by atoms with Crippen LogP contribution in [-0.4, -0.2) is 84.1 Å². The maximum Gasteiger partial charge on any atom is 0.260 e. The second-order valence-electron chi connectivity index (χ2n) is 14.9. The zero-order valence-corrected chi connectivity index (χ0v) is 31.6. The minimum absolute atomic E-state index is 0.0408. The second-order valence-corrected chi connectivity index (χ2v) is 14.9. The first-order valence-corrected chi connectivity index (χ1v) is 19.5. The number of benzene rings is 4. The topological polar surface area (TPSA) is 106 Å². The molecule has 1 fully saturated rings. The summed E-state index contributed by atoms with van der Waals surface area (Å²) in [6.07, 6.45) is 3.37. The lowest BCUT2D eigenvalue weighted by atomic mass is 9.92. The number of hydrogen-bond acceptors (Lipinski definition) is 8. The number of phenols is 1. The summed E-state index contributed by atoms with van der Waals surface area (Å²) >= 11 is 0. The number of nitrogens with zero attached hydrogens (tertiary/aromatic N) is 4. The van der Waals surface area contributed by atoms with E-state index in [4.69, 9.17) is 18.9 Å². The number of amides is 2. The van der Waals surface area contributed by atoms with Gasteiger partial charge in [0.25, 0.3) is 11.8 Å². The number of aromatic hydroxyl groups is 1.